The number of amides is 1. The van der Waals surface area contributed by atoms with Gasteiger partial charge in [0.2, 0.25) is 5.91 Å². The van der Waals surface area contributed by atoms with Crippen LogP contribution in [0.2, 0.25) is 0 Å². The number of aromatic nitrogens is 1. The lowest BCUT2D eigenvalue weighted by molar-refractivity contribution is -0.121. The summed E-state index contributed by atoms with van der Waals surface area (Å²) in [6, 6.07) is 4.76. The van der Waals surface area contributed by atoms with Gasteiger partial charge in [-0.25, -0.2) is 9.78 Å². The second-order valence-corrected chi connectivity index (χ2v) is 6.39. The Morgan fingerprint density at radius 3 is 3.00 bits per heavy atom. The second kappa shape index (κ2) is 7.02. The molecule has 2 heterocycles. The minimum atomic E-state index is -1.29. The molecule has 0 saturated heterocycles. The van der Waals surface area contributed by atoms with Crippen molar-refractivity contribution in [1.29, 1.82) is 0 Å². The molecule has 1 aromatic heterocycles. The summed E-state index contributed by atoms with van der Waals surface area (Å²) < 4.78 is 5.34. The molecule has 3 N–H and O–H groups in total. The minimum absolute atomic E-state index is 0.0000892. The lowest BCUT2D eigenvalue weighted by Gasteiger charge is -2.28. The lowest BCUT2D eigenvalue weighted by Crippen LogP contribution is -2.53. The van der Waals surface area contributed by atoms with Gasteiger partial charge in [0.1, 0.15) is 5.75 Å². The van der Waals surface area contributed by atoms with E-state index in [0.717, 1.165) is 5.01 Å². The first-order chi connectivity index (χ1) is 11.5. The number of hydrogen-bond acceptors (Lipinski definition) is 6. The maximum atomic E-state index is 12.0. The molecule has 0 radical (unpaired) electrons. The number of thiazole rings is 1. The van der Waals surface area contributed by atoms with Gasteiger partial charge in [0.25, 0.3) is 0 Å². The molecule has 3 rings (SSSR count). The van der Waals surface area contributed by atoms with E-state index in [2.05, 4.69) is 10.3 Å². The molecule has 0 saturated carbocycles. The molecular formula is C15H15BN2O5S. The van der Waals surface area contributed by atoms with Gasteiger partial charge in [0.15, 0.2) is 0 Å². The fourth-order valence-electron chi connectivity index (χ4n) is 2.59. The number of rotatable bonds is 5. The average molecular weight is 346 g/mol. The summed E-state index contributed by atoms with van der Waals surface area (Å²) in [5.74, 6) is -1.79. The van der Waals surface area contributed by atoms with Gasteiger partial charge in [0.05, 0.1) is 16.5 Å². The largest absolute Gasteiger partial charge is 0.547 e. The molecule has 24 heavy (non-hydrogen) atoms. The summed E-state index contributed by atoms with van der Waals surface area (Å²) in [6.45, 7) is 0. The van der Waals surface area contributed by atoms with Crippen molar-refractivity contribution < 1.29 is 24.4 Å². The highest BCUT2D eigenvalue weighted by molar-refractivity contribution is 7.09. The molecule has 1 aliphatic heterocycles. The number of carbonyl (C=O) groups excluding carboxylic acids is 1. The number of benzene rings is 1. The van der Waals surface area contributed by atoms with Crippen molar-refractivity contribution in [3.8, 4) is 5.75 Å². The van der Waals surface area contributed by atoms with Crippen LogP contribution in [-0.2, 0) is 17.6 Å². The number of hydrogen-bond donors (Lipinski definition) is 3. The Morgan fingerprint density at radius 1 is 1.46 bits per heavy atom. The highest BCUT2D eigenvalue weighted by Crippen LogP contribution is 2.30. The lowest BCUT2D eigenvalue weighted by atomic mass is 9.72. The van der Waals surface area contributed by atoms with Crippen molar-refractivity contribution in [2.24, 2.45) is 0 Å². The van der Waals surface area contributed by atoms with E-state index >= 15 is 0 Å². The molecule has 1 aromatic carbocycles. The second-order valence-electron chi connectivity index (χ2n) is 5.41. The van der Waals surface area contributed by atoms with E-state index < -0.39 is 19.0 Å². The highest BCUT2D eigenvalue weighted by atomic mass is 32.1. The van der Waals surface area contributed by atoms with Crippen molar-refractivity contribution in [3.63, 3.8) is 0 Å². The number of para-hydroxylation sites is 1. The Kier molecular flexibility index (Phi) is 4.82. The fraction of sp³-hybridized carbons (Fsp3) is 0.267. The Labute approximate surface area is 142 Å². The van der Waals surface area contributed by atoms with Crippen LogP contribution in [0, 0.1) is 0 Å². The molecule has 0 aliphatic carbocycles. The van der Waals surface area contributed by atoms with E-state index in [1.54, 1.807) is 18.3 Å². The summed E-state index contributed by atoms with van der Waals surface area (Å²) in [5, 5.41) is 24.7. The number of nitrogens with one attached hydrogen (secondary N) is 1. The van der Waals surface area contributed by atoms with Crippen LogP contribution in [-0.4, -0.2) is 40.1 Å². The van der Waals surface area contributed by atoms with Gasteiger partial charge in [0, 0.05) is 24.4 Å². The quantitative estimate of drug-likeness (QED) is 0.695. The van der Waals surface area contributed by atoms with Gasteiger partial charge in [-0.1, -0.05) is 12.1 Å². The summed E-state index contributed by atoms with van der Waals surface area (Å²) in [5.41, 5.74) is 0.644. The van der Waals surface area contributed by atoms with Crippen LogP contribution in [0.4, 0.5) is 0 Å². The van der Waals surface area contributed by atoms with E-state index in [1.165, 1.54) is 17.4 Å². The first-order valence-electron chi connectivity index (χ1n) is 7.42. The standard InChI is InChI=1S/C15H15BN2O5S/c19-12(4-5-13-17-6-7-24-13)18-11-8-9-2-1-3-10(15(20)21)14(9)23-16(11)22/h1-3,6-7,11,22H,4-5,8H2,(H,18,19)(H,20,21). The maximum absolute atomic E-state index is 12.0. The van der Waals surface area contributed by atoms with Crippen LogP contribution >= 0.6 is 11.3 Å². The van der Waals surface area contributed by atoms with Crippen LogP contribution in [0.5, 0.6) is 5.75 Å². The normalized spacial score (nSPS) is 16.2. The summed E-state index contributed by atoms with van der Waals surface area (Å²) in [7, 11) is -1.29. The summed E-state index contributed by atoms with van der Waals surface area (Å²) in [6.07, 6.45) is 2.79. The Balaban J connectivity index is 1.64. The molecule has 124 valence electrons. The van der Waals surface area contributed by atoms with E-state index in [0.29, 0.717) is 18.4 Å². The summed E-state index contributed by atoms with van der Waals surface area (Å²) in [4.78, 5) is 27.4. The van der Waals surface area contributed by atoms with Crippen molar-refractivity contribution in [2.75, 3.05) is 0 Å². The fourth-order valence-corrected chi connectivity index (χ4v) is 3.21. The number of nitrogens with zero attached hydrogens (tertiary/aromatic N) is 1. The van der Waals surface area contributed by atoms with Crippen molar-refractivity contribution in [2.45, 2.75) is 25.2 Å². The molecule has 1 unspecified atom stereocenters. The van der Waals surface area contributed by atoms with Gasteiger partial charge in [-0.15, -0.1) is 11.3 Å². The Hall–Kier alpha value is -2.39. The van der Waals surface area contributed by atoms with Crippen LogP contribution in [0.15, 0.2) is 29.8 Å². The monoisotopic (exact) mass is 346 g/mol. The van der Waals surface area contributed by atoms with E-state index in [-0.39, 0.29) is 23.6 Å². The van der Waals surface area contributed by atoms with Crippen LogP contribution in [0.3, 0.4) is 0 Å². The van der Waals surface area contributed by atoms with Crippen LogP contribution < -0.4 is 9.97 Å². The van der Waals surface area contributed by atoms with Gasteiger partial charge in [-0.3, -0.25) is 4.79 Å². The smallest absolute Gasteiger partial charge is 0.534 e. The predicted molar refractivity (Wildman–Crippen MR) is 88.1 cm³/mol. The third-order valence-corrected chi connectivity index (χ3v) is 4.58. The van der Waals surface area contributed by atoms with Gasteiger partial charge < -0.3 is 20.1 Å². The van der Waals surface area contributed by atoms with E-state index in [1.807, 2.05) is 5.38 Å². The zero-order valence-corrected chi connectivity index (χ0v) is 13.5. The number of aromatic carboxylic acids is 1. The Morgan fingerprint density at radius 2 is 2.29 bits per heavy atom. The van der Waals surface area contributed by atoms with Crippen molar-refractivity contribution in [3.05, 3.63) is 45.9 Å². The zero-order chi connectivity index (χ0) is 17.1. The van der Waals surface area contributed by atoms with Gasteiger partial charge in [-0.2, -0.15) is 0 Å². The number of carbonyl (C=O) groups is 2. The third-order valence-electron chi connectivity index (χ3n) is 3.75. The van der Waals surface area contributed by atoms with Gasteiger partial charge >= 0.3 is 13.1 Å². The molecule has 1 atom stereocenters. The molecule has 1 aliphatic rings. The molecule has 9 heteroatoms. The third kappa shape index (κ3) is 3.57. The average Bonchev–Trinajstić information content (AvgIpc) is 3.06. The van der Waals surface area contributed by atoms with E-state index in [4.69, 9.17) is 9.76 Å². The first kappa shape index (κ1) is 16.5. The Bertz CT molecular complexity index is 752. The molecule has 0 bridgehead atoms. The first-order valence-corrected chi connectivity index (χ1v) is 8.30. The van der Waals surface area contributed by atoms with Crippen molar-refractivity contribution in [1.82, 2.24) is 10.3 Å². The van der Waals surface area contributed by atoms with Crippen LogP contribution in [0.1, 0.15) is 27.3 Å². The molecule has 2 aromatic rings. The number of aryl methyl sites for hydroxylation is 1. The topological polar surface area (TPSA) is 109 Å². The molecular weight excluding hydrogens is 331 g/mol. The highest BCUT2D eigenvalue weighted by Gasteiger charge is 2.37. The molecule has 7 nitrogen and oxygen atoms in total. The maximum Gasteiger partial charge on any atom is 0.547 e. The van der Waals surface area contributed by atoms with Gasteiger partial charge in [-0.05, 0) is 18.1 Å². The van der Waals surface area contributed by atoms with E-state index in [9.17, 15) is 14.6 Å². The number of carboxylic acid groups (broad SMARTS) is 1. The molecule has 0 fully saturated rings. The SMILES string of the molecule is O=C(CCc1nccs1)NC1Cc2cccc(C(=O)O)c2OB1O. The number of carboxylic acids is 1. The molecule has 1 amide bonds. The van der Waals surface area contributed by atoms with Crippen molar-refractivity contribution >= 4 is 30.3 Å². The minimum Gasteiger partial charge on any atom is -0.534 e. The predicted octanol–water partition coefficient (Wildman–Crippen LogP) is 0.914. The summed E-state index contributed by atoms with van der Waals surface area (Å²) >= 11 is 1.49. The zero-order valence-electron chi connectivity index (χ0n) is 12.6. The number of fused-ring (bicyclic) bond motifs is 1. The molecule has 0 spiro atoms. The van der Waals surface area contributed by atoms with Crippen LogP contribution in [0.25, 0.3) is 0 Å².